The summed E-state index contributed by atoms with van der Waals surface area (Å²) in [6.07, 6.45) is 3.28. The molecule has 0 saturated carbocycles. The Balaban J connectivity index is 1.24. The predicted octanol–water partition coefficient (Wildman–Crippen LogP) is 3.94. The Hall–Kier alpha value is -3.61. The predicted molar refractivity (Wildman–Crippen MR) is 181 cm³/mol. The number of benzene rings is 1. The van der Waals surface area contributed by atoms with Crippen molar-refractivity contribution in [2.45, 2.75) is 51.7 Å². The van der Waals surface area contributed by atoms with Gasteiger partial charge in [-0.15, -0.1) is 5.10 Å². The average molecular weight is 664 g/mol. The third-order valence-electron chi connectivity index (χ3n) is 8.67. The first-order valence-corrected chi connectivity index (χ1v) is 17.5. The van der Waals surface area contributed by atoms with Crippen LogP contribution in [0.3, 0.4) is 0 Å². The second-order valence-electron chi connectivity index (χ2n) is 12.1. The molecule has 1 aromatic carbocycles. The number of likely N-dealkylation sites (N-methyl/N-ethyl adjacent to an activating group) is 1. The summed E-state index contributed by atoms with van der Waals surface area (Å²) < 4.78 is 7.80. The van der Waals surface area contributed by atoms with E-state index in [1.54, 1.807) is 16.2 Å². The van der Waals surface area contributed by atoms with Crippen LogP contribution in [0.1, 0.15) is 42.3 Å². The van der Waals surface area contributed by atoms with Crippen molar-refractivity contribution in [1.29, 1.82) is 5.26 Å². The number of unbranched alkanes of at least 4 members (excludes halogenated alkanes) is 1. The number of nitrogens with zero attached hydrogens (tertiary/aromatic N) is 9. The van der Waals surface area contributed by atoms with E-state index in [0.717, 1.165) is 71.7 Å². The molecule has 2 aliphatic heterocycles. The van der Waals surface area contributed by atoms with Crippen molar-refractivity contribution >= 4 is 49.6 Å². The van der Waals surface area contributed by atoms with Gasteiger partial charge in [-0.3, -0.25) is 9.69 Å². The van der Waals surface area contributed by atoms with Gasteiger partial charge >= 0.3 is 0 Å². The van der Waals surface area contributed by atoms with Crippen LogP contribution >= 0.6 is 22.7 Å². The Morgan fingerprint density at radius 3 is 2.65 bits per heavy atom. The summed E-state index contributed by atoms with van der Waals surface area (Å²) in [7, 11) is 3.95. The number of thiazole rings is 1. The second kappa shape index (κ2) is 14.0. The first-order valence-electron chi connectivity index (χ1n) is 15.8. The summed E-state index contributed by atoms with van der Waals surface area (Å²) in [5.74, 6) is 0.880. The Morgan fingerprint density at radius 1 is 1.15 bits per heavy atom. The van der Waals surface area contributed by atoms with E-state index < -0.39 is 6.10 Å². The highest BCUT2D eigenvalue weighted by Gasteiger charge is 2.33. The van der Waals surface area contributed by atoms with Crippen LogP contribution in [-0.4, -0.2) is 113 Å². The number of anilines is 3. The molecule has 0 spiro atoms. The van der Waals surface area contributed by atoms with E-state index in [-0.39, 0.29) is 11.9 Å². The van der Waals surface area contributed by atoms with Crippen LogP contribution in [0.5, 0.6) is 0 Å². The molecule has 5 heterocycles. The van der Waals surface area contributed by atoms with Gasteiger partial charge in [-0.05, 0) is 26.8 Å². The number of imidazole rings is 1. The Bertz CT molecular complexity index is 1700. The third-order valence-corrected chi connectivity index (χ3v) is 10.7. The van der Waals surface area contributed by atoms with Crippen LogP contribution in [0.4, 0.5) is 16.1 Å². The van der Waals surface area contributed by atoms with Crippen LogP contribution in [0.2, 0.25) is 0 Å². The van der Waals surface area contributed by atoms with Gasteiger partial charge in [0.2, 0.25) is 16.0 Å². The molecule has 1 N–H and O–H groups in total. The lowest BCUT2D eigenvalue weighted by Gasteiger charge is -2.37. The number of ether oxygens (including phenoxy) is 1. The number of rotatable bonds is 13. The molecule has 14 heteroatoms. The maximum Gasteiger partial charge on any atom is 0.236 e. The summed E-state index contributed by atoms with van der Waals surface area (Å²) in [6, 6.07) is 10.6. The monoisotopic (exact) mass is 663 g/mol. The highest BCUT2D eigenvalue weighted by Crippen LogP contribution is 2.38. The van der Waals surface area contributed by atoms with Crippen molar-refractivity contribution in [2.75, 3.05) is 69.8 Å². The lowest BCUT2D eigenvalue weighted by atomic mass is 10.1. The van der Waals surface area contributed by atoms with E-state index in [2.05, 4.69) is 22.8 Å². The molecule has 2 aliphatic rings. The maximum atomic E-state index is 12.6. The fourth-order valence-corrected chi connectivity index (χ4v) is 7.62. The number of carbonyl (C=O) groups excluding carboxylic acids is 1. The topological polar surface area (TPSA) is 126 Å². The number of aliphatic hydroxyl groups excluding tert-OH is 1. The first-order chi connectivity index (χ1) is 22.2. The zero-order valence-corrected chi connectivity index (χ0v) is 28.5. The second-order valence-corrected chi connectivity index (χ2v) is 14.1. The Morgan fingerprint density at radius 2 is 1.93 bits per heavy atom. The van der Waals surface area contributed by atoms with Gasteiger partial charge in [0.05, 0.1) is 24.9 Å². The number of aryl methyl sites for hydroxylation is 1. The molecule has 2 fully saturated rings. The van der Waals surface area contributed by atoms with Crippen LogP contribution in [0.15, 0.2) is 24.3 Å². The average Bonchev–Trinajstić information content (AvgIpc) is 3.82. The quantitative estimate of drug-likeness (QED) is 0.210. The third kappa shape index (κ3) is 6.74. The highest BCUT2D eigenvalue weighted by atomic mass is 32.1. The number of β-amino-alcohol motifs (C(OH)–C–C–N with tert-alkyl or cyclic N) is 1. The smallest absolute Gasteiger partial charge is 0.236 e. The van der Waals surface area contributed by atoms with Gasteiger partial charge in [0, 0.05) is 57.9 Å². The standard InChI is InChI=1S/C32H41N9O3S2/c1-5-6-14-44-15-12-25-29(38(4)30-35-28(26(16-33)45-30)22-9-7-21(2)8-10-22)41-31(34-25)46-32(36-41)39-13-11-23(17-39)37(3)20-27(43)40-18-24(42)19-40/h7-10,23-24,42H,5-6,11-15,17-20H2,1-4H3/t23-/m1/s1. The van der Waals surface area contributed by atoms with Gasteiger partial charge in [-0.2, -0.15) is 9.78 Å². The number of nitriles is 1. The van der Waals surface area contributed by atoms with Gasteiger partial charge in [0.25, 0.3) is 0 Å². The molecule has 0 aliphatic carbocycles. The van der Waals surface area contributed by atoms with Crippen LogP contribution in [0.25, 0.3) is 16.2 Å². The van der Waals surface area contributed by atoms with E-state index in [9.17, 15) is 15.2 Å². The molecule has 1 amide bonds. The molecule has 244 valence electrons. The van der Waals surface area contributed by atoms with Gasteiger partial charge < -0.3 is 24.5 Å². The van der Waals surface area contributed by atoms with Gasteiger partial charge in [-0.25, -0.2) is 9.97 Å². The van der Waals surface area contributed by atoms with Crippen LogP contribution in [-0.2, 0) is 16.0 Å². The fraction of sp³-hybridized carbons (Fsp3) is 0.531. The summed E-state index contributed by atoms with van der Waals surface area (Å²) in [6.45, 7) is 8.28. The number of aromatic nitrogens is 4. The lowest BCUT2D eigenvalue weighted by Crippen LogP contribution is -2.56. The normalized spacial score (nSPS) is 16.8. The zero-order valence-electron chi connectivity index (χ0n) is 26.8. The molecule has 2 saturated heterocycles. The van der Waals surface area contributed by atoms with Gasteiger partial charge in [-0.1, -0.05) is 65.8 Å². The van der Waals surface area contributed by atoms with Crippen molar-refractivity contribution < 1.29 is 14.6 Å². The number of hydrogen-bond donors (Lipinski definition) is 1. The van der Waals surface area contributed by atoms with Crippen molar-refractivity contribution in [2.24, 2.45) is 0 Å². The minimum Gasteiger partial charge on any atom is -0.389 e. The van der Waals surface area contributed by atoms with Gasteiger partial charge in [0.15, 0.2) is 10.9 Å². The SMILES string of the molecule is CCCCOCCc1nc2sc(N3CC[C@@H](N(C)CC(=O)N4CC(O)C4)C3)nn2c1N(C)c1nc(-c2ccc(C)cc2)c(C#N)s1. The van der Waals surface area contributed by atoms with Gasteiger partial charge in [0.1, 0.15) is 16.6 Å². The number of amides is 1. The largest absolute Gasteiger partial charge is 0.389 e. The molecule has 4 aromatic rings. The summed E-state index contributed by atoms with van der Waals surface area (Å²) in [5, 5.41) is 26.2. The van der Waals surface area contributed by atoms with Crippen molar-refractivity contribution in [3.05, 3.63) is 40.4 Å². The minimum absolute atomic E-state index is 0.0603. The molecule has 0 radical (unpaired) electrons. The van der Waals surface area contributed by atoms with E-state index in [4.69, 9.17) is 19.8 Å². The summed E-state index contributed by atoms with van der Waals surface area (Å²) in [4.78, 5) is 32.0. The minimum atomic E-state index is -0.391. The van der Waals surface area contributed by atoms with E-state index in [1.807, 2.05) is 54.7 Å². The Kier molecular flexibility index (Phi) is 9.86. The molecular formula is C32H41N9O3S2. The zero-order chi connectivity index (χ0) is 32.4. The van der Waals surface area contributed by atoms with E-state index >= 15 is 0 Å². The molecule has 12 nitrogen and oxygen atoms in total. The first kappa shape index (κ1) is 32.3. The molecule has 1 atom stereocenters. The van der Waals surface area contributed by atoms with Crippen molar-refractivity contribution in [3.8, 4) is 17.3 Å². The lowest BCUT2D eigenvalue weighted by molar-refractivity contribution is -0.142. The maximum absolute atomic E-state index is 12.6. The van der Waals surface area contributed by atoms with Crippen LogP contribution < -0.4 is 9.80 Å². The van der Waals surface area contributed by atoms with E-state index in [0.29, 0.717) is 48.4 Å². The van der Waals surface area contributed by atoms with E-state index in [1.165, 1.54) is 11.3 Å². The van der Waals surface area contributed by atoms with Crippen molar-refractivity contribution in [3.63, 3.8) is 0 Å². The molecule has 0 unspecified atom stereocenters. The Labute approximate surface area is 277 Å². The molecule has 3 aromatic heterocycles. The summed E-state index contributed by atoms with van der Waals surface area (Å²) >= 11 is 2.92. The number of hydrogen-bond acceptors (Lipinski definition) is 12. The van der Waals surface area contributed by atoms with Crippen molar-refractivity contribution in [1.82, 2.24) is 29.4 Å². The number of aliphatic hydroxyl groups is 1. The molecule has 46 heavy (non-hydrogen) atoms. The number of likely N-dealkylation sites (tertiary alicyclic amines) is 1. The molecular weight excluding hydrogens is 623 g/mol. The number of fused-ring (bicyclic) bond motifs is 1. The fourth-order valence-electron chi connectivity index (χ4n) is 5.82. The molecule has 6 rings (SSSR count). The molecule has 0 bridgehead atoms. The highest BCUT2D eigenvalue weighted by molar-refractivity contribution is 7.20. The summed E-state index contributed by atoms with van der Waals surface area (Å²) in [5.41, 5.74) is 3.62. The van der Waals surface area contributed by atoms with Crippen LogP contribution in [0, 0.1) is 18.3 Å². The number of carbonyl (C=O) groups is 1.